The fraction of sp³-hybridized carbons (Fsp3) is 0.846. The van der Waals surface area contributed by atoms with Gasteiger partial charge >= 0.3 is 0 Å². The van der Waals surface area contributed by atoms with Crippen LogP contribution >= 0.6 is 0 Å². The maximum Gasteiger partial charge on any atom is 0.255 e. The highest BCUT2D eigenvalue weighted by Gasteiger charge is 2.35. The van der Waals surface area contributed by atoms with Crippen molar-refractivity contribution in [3.63, 3.8) is 0 Å². The van der Waals surface area contributed by atoms with E-state index < -0.39 is 0 Å². The maximum absolute atomic E-state index is 5.59. The van der Waals surface area contributed by atoms with Crippen molar-refractivity contribution in [2.75, 3.05) is 32.8 Å². The predicted molar refractivity (Wildman–Crippen MR) is 69.7 cm³/mol. The molecule has 3 heterocycles. The summed E-state index contributed by atoms with van der Waals surface area (Å²) in [5, 5.41) is 7.54. The molecule has 1 aromatic heterocycles. The fourth-order valence-electron chi connectivity index (χ4n) is 2.75. The maximum atomic E-state index is 5.59. The summed E-state index contributed by atoms with van der Waals surface area (Å²) in [5.41, 5.74) is -0.192. The number of hydrogen-bond acceptors (Lipinski definition) is 6. The summed E-state index contributed by atoms with van der Waals surface area (Å²) >= 11 is 0. The summed E-state index contributed by atoms with van der Waals surface area (Å²) in [5.74, 6) is 1.40. The van der Waals surface area contributed by atoms with Gasteiger partial charge in [-0.1, -0.05) is 5.16 Å². The van der Waals surface area contributed by atoms with E-state index in [0.717, 1.165) is 51.5 Å². The van der Waals surface area contributed by atoms with E-state index in [0.29, 0.717) is 5.89 Å². The van der Waals surface area contributed by atoms with Crippen molar-refractivity contribution in [3.05, 3.63) is 11.7 Å². The van der Waals surface area contributed by atoms with Crippen LogP contribution in [-0.2, 0) is 10.3 Å². The summed E-state index contributed by atoms with van der Waals surface area (Å²) in [6.45, 7) is 9.15. The Bertz CT molecular complexity index is 420. The van der Waals surface area contributed by atoms with Gasteiger partial charge < -0.3 is 14.6 Å². The predicted octanol–water partition coefficient (Wildman–Crippen LogP) is 1.06. The minimum Gasteiger partial charge on any atom is -0.368 e. The van der Waals surface area contributed by atoms with Crippen LogP contribution in [0.4, 0.5) is 0 Å². The van der Waals surface area contributed by atoms with E-state index in [1.165, 1.54) is 0 Å². The Kier molecular flexibility index (Phi) is 3.56. The number of nitrogens with one attached hydrogen (secondary N) is 1. The van der Waals surface area contributed by atoms with Crippen molar-refractivity contribution in [2.45, 2.75) is 38.3 Å². The molecule has 0 bridgehead atoms. The van der Waals surface area contributed by atoms with Crippen molar-refractivity contribution < 1.29 is 9.26 Å². The van der Waals surface area contributed by atoms with Gasteiger partial charge in [0.05, 0.1) is 5.54 Å². The van der Waals surface area contributed by atoms with Crippen molar-refractivity contribution in [1.82, 2.24) is 20.4 Å². The fourth-order valence-corrected chi connectivity index (χ4v) is 2.75. The number of hydrogen-bond donors (Lipinski definition) is 1. The van der Waals surface area contributed by atoms with E-state index in [2.05, 4.69) is 34.2 Å². The lowest BCUT2D eigenvalue weighted by atomic mass is 10.0. The summed E-state index contributed by atoms with van der Waals surface area (Å²) in [7, 11) is 0. The lowest BCUT2D eigenvalue weighted by molar-refractivity contribution is 0.0830. The molecule has 1 unspecified atom stereocenters. The number of piperazine rings is 1. The third kappa shape index (κ3) is 2.52. The monoisotopic (exact) mass is 266 g/mol. The van der Waals surface area contributed by atoms with Gasteiger partial charge in [0, 0.05) is 32.8 Å². The molecule has 0 amide bonds. The van der Waals surface area contributed by atoms with Crippen LogP contribution in [0.2, 0.25) is 0 Å². The minimum absolute atomic E-state index is 0.0000671. The van der Waals surface area contributed by atoms with Crippen LogP contribution in [0, 0.1) is 0 Å². The van der Waals surface area contributed by atoms with Gasteiger partial charge in [-0.3, -0.25) is 4.90 Å². The molecule has 0 aliphatic carbocycles. The number of ether oxygens (including phenoxy) is 1. The molecule has 2 saturated heterocycles. The van der Waals surface area contributed by atoms with E-state index in [1.54, 1.807) is 0 Å². The van der Waals surface area contributed by atoms with Gasteiger partial charge in [-0.2, -0.15) is 4.98 Å². The van der Waals surface area contributed by atoms with E-state index >= 15 is 0 Å². The lowest BCUT2D eigenvalue weighted by Crippen LogP contribution is -2.52. The zero-order valence-electron chi connectivity index (χ0n) is 11.7. The highest BCUT2D eigenvalue weighted by molar-refractivity contribution is 5.04. The quantitative estimate of drug-likeness (QED) is 0.882. The van der Waals surface area contributed by atoms with E-state index in [1.807, 2.05) is 0 Å². The molecule has 1 aromatic rings. The molecule has 2 aliphatic rings. The Labute approximate surface area is 113 Å². The van der Waals surface area contributed by atoms with Crippen molar-refractivity contribution in [1.29, 1.82) is 0 Å². The second-order valence-electron chi connectivity index (χ2n) is 5.75. The van der Waals surface area contributed by atoms with Crippen molar-refractivity contribution >= 4 is 0 Å². The molecule has 0 aromatic carbocycles. The summed E-state index contributed by atoms with van der Waals surface area (Å²) in [6, 6.07) is 0. The second-order valence-corrected chi connectivity index (χ2v) is 5.75. The molecule has 6 nitrogen and oxygen atoms in total. The lowest BCUT2D eigenvalue weighted by Gasteiger charge is -2.38. The number of nitrogens with zero attached hydrogens (tertiary/aromatic N) is 3. The molecule has 0 saturated carbocycles. The molecule has 106 valence electrons. The smallest absolute Gasteiger partial charge is 0.255 e. The molecular weight excluding hydrogens is 244 g/mol. The van der Waals surface area contributed by atoms with Crippen LogP contribution in [0.5, 0.6) is 0 Å². The van der Waals surface area contributed by atoms with Gasteiger partial charge in [-0.25, -0.2) is 0 Å². The zero-order valence-corrected chi connectivity index (χ0v) is 11.7. The first-order valence-corrected chi connectivity index (χ1v) is 7.09. The van der Waals surface area contributed by atoms with Crippen LogP contribution in [0.1, 0.15) is 44.5 Å². The third-order valence-corrected chi connectivity index (χ3v) is 4.10. The molecule has 2 aliphatic heterocycles. The van der Waals surface area contributed by atoms with Gasteiger partial charge in [-0.15, -0.1) is 0 Å². The standard InChI is InChI=1S/C13H22N4O2/c1-13(2,17-7-5-14-6-8-17)12-15-11(19-16-12)10-4-3-9-18-10/h10,14H,3-9H2,1-2H3. The van der Waals surface area contributed by atoms with E-state index in [4.69, 9.17) is 9.26 Å². The molecule has 19 heavy (non-hydrogen) atoms. The SMILES string of the molecule is CC(C)(c1noc(C2CCCO2)n1)N1CCNCC1. The highest BCUT2D eigenvalue weighted by Crippen LogP contribution is 2.30. The third-order valence-electron chi connectivity index (χ3n) is 4.10. The first-order valence-electron chi connectivity index (χ1n) is 7.09. The topological polar surface area (TPSA) is 63.4 Å². The summed E-state index contributed by atoms with van der Waals surface area (Å²) in [6.07, 6.45) is 2.05. The van der Waals surface area contributed by atoms with Crippen LogP contribution in [0.3, 0.4) is 0 Å². The van der Waals surface area contributed by atoms with Crippen LogP contribution in [0.25, 0.3) is 0 Å². The summed E-state index contributed by atoms with van der Waals surface area (Å²) < 4.78 is 11.0. The number of aromatic nitrogens is 2. The Morgan fingerprint density at radius 1 is 1.32 bits per heavy atom. The minimum atomic E-state index is -0.192. The molecule has 1 N–H and O–H groups in total. The normalized spacial score (nSPS) is 25.9. The molecule has 6 heteroatoms. The Morgan fingerprint density at radius 2 is 2.11 bits per heavy atom. The Hall–Kier alpha value is -0.980. The van der Waals surface area contributed by atoms with Gasteiger partial charge in [0.25, 0.3) is 5.89 Å². The molecule has 2 fully saturated rings. The van der Waals surface area contributed by atoms with E-state index in [9.17, 15) is 0 Å². The molecule has 0 radical (unpaired) electrons. The molecule has 3 rings (SSSR count). The average Bonchev–Trinajstić information content (AvgIpc) is 3.10. The van der Waals surface area contributed by atoms with Crippen LogP contribution < -0.4 is 5.32 Å². The van der Waals surface area contributed by atoms with Crippen molar-refractivity contribution in [3.8, 4) is 0 Å². The first-order chi connectivity index (χ1) is 9.18. The Balaban J connectivity index is 1.76. The van der Waals surface area contributed by atoms with Crippen molar-refractivity contribution in [2.24, 2.45) is 0 Å². The van der Waals surface area contributed by atoms with Crippen LogP contribution in [-0.4, -0.2) is 47.8 Å². The van der Waals surface area contributed by atoms with Gasteiger partial charge in [0.1, 0.15) is 6.10 Å². The highest BCUT2D eigenvalue weighted by atomic mass is 16.5. The molecule has 0 spiro atoms. The largest absolute Gasteiger partial charge is 0.368 e. The van der Waals surface area contributed by atoms with Gasteiger partial charge in [0.15, 0.2) is 5.82 Å². The number of rotatable bonds is 3. The first kappa shape index (κ1) is 13.0. The van der Waals surface area contributed by atoms with Crippen LogP contribution in [0.15, 0.2) is 4.52 Å². The average molecular weight is 266 g/mol. The second kappa shape index (κ2) is 5.19. The van der Waals surface area contributed by atoms with Gasteiger partial charge in [0.2, 0.25) is 0 Å². The Morgan fingerprint density at radius 3 is 2.79 bits per heavy atom. The molecular formula is C13H22N4O2. The summed E-state index contributed by atoms with van der Waals surface area (Å²) in [4.78, 5) is 6.97. The van der Waals surface area contributed by atoms with E-state index in [-0.39, 0.29) is 11.6 Å². The van der Waals surface area contributed by atoms with Gasteiger partial charge in [-0.05, 0) is 26.7 Å². The zero-order chi connectivity index (χ0) is 13.3. The molecule has 1 atom stereocenters.